The van der Waals surface area contributed by atoms with E-state index in [-0.39, 0.29) is 5.75 Å². The largest absolute Gasteiger partial charge is 0.314 e. The lowest BCUT2D eigenvalue weighted by Gasteiger charge is -2.16. The maximum Gasteiger partial charge on any atom is 0.213 e. The van der Waals surface area contributed by atoms with E-state index in [9.17, 15) is 8.42 Å². The molecule has 4 nitrogen and oxygen atoms in total. The molecule has 0 heterocycles. The van der Waals surface area contributed by atoms with E-state index in [1.165, 1.54) is 17.1 Å². The van der Waals surface area contributed by atoms with Crippen molar-refractivity contribution < 1.29 is 8.42 Å². The standard InChI is InChI=1S/C10H22N2O2S2/c1-12(7-8-15-2)16(13,14)9-3-6-11-10-4-5-10/h10-11H,3-9H2,1-2H3. The first kappa shape index (κ1) is 14.3. The molecule has 16 heavy (non-hydrogen) atoms. The summed E-state index contributed by atoms with van der Waals surface area (Å²) in [5.41, 5.74) is 0. The summed E-state index contributed by atoms with van der Waals surface area (Å²) in [6.45, 7) is 1.43. The van der Waals surface area contributed by atoms with Gasteiger partial charge in [-0.25, -0.2) is 12.7 Å². The number of nitrogens with one attached hydrogen (secondary N) is 1. The van der Waals surface area contributed by atoms with Crippen LogP contribution in [-0.2, 0) is 10.0 Å². The molecule has 0 atom stereocenters. The van der Waals surface area contributed by atoms with Crippen molar-refractivity contribution in [3.05, 3.63) is 0 Å². The molecule has 1 fully saturated rings. The van der Waals surface area contributed by atoms with Gasteiger partial charge < -0.3 is 5.32 Å². The molecule has 0 aromatic carbocycles. The van der Waals surface area contributed by atoms with E-state index in [0.717, 1.165) is 12.3 Å². The second-order valence-electron chi connectivity index (χ2n) is 4.21. The fourth-order valence-corrected chi connectivity index (χ4v) is 3.13. The highest BCUT2D eigenvalue weighted by molar-refractivity contribution is 7.98. The molecule has 0 spiro atoms. The number of sulfonamides is 1. The number of hydrogen-bond acceptors (Lipinski definition) is 4. The van der Waals surface area contributed by atoms with Crippen molar-refractivity contribution in [3.8, 4) is 0 Å². The van der Waals surface area contributed by atoms with Crippen LogP contribution in [0.2, 0.25) is 0 Å². The average Bonchev–Trinajstić information content (AvgIpc) is 3.04. The fraction of sp³-hybridized carbons (Fsp3) is 1.00. The number of thioether (sulfide) groups is 1. The van der Waals surface area contributed by atoms with Crippen LogP contribution >= 0.6 is 11.8 Å². The summed E-state index contributed by atoms with van der Waals surface area (Å²) in [6.07, 6.45) is 5.20. The van der Waals surface area contributed by atoms with Crippen LogP contribution in [0.1, 0.15) is 19.3 Å². The van der Waals surface area contributed by atoms with Crippen molar-refractivity contribution >= 4 is 21.8 Å². The summed E-state index contributed by atoms with van der Waals surface area (Å²) in [5, 5.41) is 3.32. The summed E-state index contributed by atoms with van der Waals surface area (Å²) in [6, 6.07) is 0.664. The molecule has 0 amide bonds. The van der Waals surface area contributed by atoms with Crippen molar-refractivity contribution in [2.75, 3.05) is 37.9 Å². The van der Waals surface area contributed by atoms with E-state index in [0.29, 0.717) is 19.0 Å². The number of rotatable bonds is 9. The molecule has 1 aliphatic carbocycles. The van der Waals surface area contributed by atoms with Gasteiger partial charge in [-0.2, -0.15) is 11.8 Å². The highest BCUT2D eigenvalue weighted by atomic mass is 32.2. The highest BCUT2D eigenvalue weighted by Gasteiger charge is 2.21. The maximum atomic E-state index is 11.8. The highest BCUT2D eigenvalue weighted by Crippen LogP contribution is 2.18. The van der Waals surface area contributed by atoms with Gasteiger partial charge in [0.1, 0.15) is 0 Å². The van der Waals surface area contributed by atoms with Crippen molar-refractivity contribution in [3.63, 3.8) is 0 Å². The minimum Gasteiger partial charge on any atom is -0.314 e. The Kier molecular flexibility index (Phi) is 6.10. The molecule has 96 valence electrons. The van der Waals surface area contributed by atoms with Crippen LogP contribution in [0.5, 0.6) is 0 Å². The van der Waals surface area contributed by atoms with E-state index in [1.54, 1.807) is 18.8 Å². The molecule has 1 rings (SSSR count). The Morgan fingerprint density at radius 2 is 2.12 bits per heavy atom. The van der Waals surface area contributed by atoms with Gasteiger partial charge in [-0.3, -0.25) is 0 Å². The first-order chi connectivity index (χ1) is 7.56. The van der Waals surface area contributed by atoms with Crippen LogP contribution in [0.25, 0.3) is 0 Å². The molecule has 1 aliphatic rings. The predicted octanol–water partition coefficient (Wildman–Crippen LogP) is 0.753. The van der Waals surface area contributed by atoms with Gasteiger partial charge in [-0.15, -0.1) is 0 Å². The first-order valence-corrected chi connectivity index (χ1v) is 8.73. The summed E-state index contributed by atoms with van der Waals surface area (Å²) in [4.78, 5) is 0. The van der Waals surface area contributed by atoms with Crippen LogP contribution in [0.4, 0.5) is 0 Å². The van der Waals surface area contributed by atoms with Crippen LogP contribution in [0.15, 0.2) is 0 Å². The lowest BCUT2D eigenvalue weighted by molar-refractivity contribution is 0.485. The van der Waals surface area contributed by atoms with Crippen molar-refractivity contribution in [1.82, 2.24) is 9.62 Å². The zero-order valence-corrected chi connectivity index (χ0v) is 11.7. The van der Waals surface area contributed by atoms with Gasteiger partial charge in [0.25, 0.3) is 0 Å². The summed E-state index contributed by atoms with van der Waals surface area (Å²) >= 11 is 1.67. The smallest absolute Gasteiger partial charge is 0.213 e. The molecule has 0 bridgehead atoms. The van der Waals surface area contributed by atoms with E-state index < -0.39 is 10.0 Å². The van der Waals surface area contributed by atoms with Crippen LogP contribution in [0.3, 0.4) is 0 Å². The van der Waals surface area contributed by atoms with Gasteiger partial charge in [-0.1, -0.05) is 0 Å². The Labute approximate surface area is 103 Å². The molecule has 6 heteroatoms. The number of hydrogen-bond donors (Lipinski definition) is 1. The molecular weight excluding hydrogens is 244 g/mol. The molecule has 1 N–H and O–H groups in total. The summed E-state index contributed by atoms with van der Waals surface area (Å²) in [5.74, 6) is 1.12. The first-order valence-electron chi connectivity index (χ1n) is 5.72. The Balaban J connectivity index is 2.15. The summed E-state index contributed by atoms with van der Waals surface area (Å²) in [7, 11) is -1.36. The monoisotopic (exact) mass is 266 g/mol. The Morgan fingerprint density at radius 3 is 2.69 bits per heavy atom. The molecular formula is C10H22N2O2S2. The van der Waals surface area contributed by atoms with Gasteiger partial charge in [0, 0.05) is 25.4 Å². The van der Waals surface area contributed by atoms with E-state index in [1.807, 2.05) is 6.26 Å². The zero-order chi connectivity index (χ0) is 12.0. The van der Waals surface area contributed by atoms with Crippen molar-refractivity contribution in [1.29, 1.82) is 0 Å². The molecule has 0 aliphatic heterocycles. The maximum absolute atomic E-state index is 11.8. The molecule has 0 aromatic heterocycles. The topological polar surface area (TPSA) is 49.4 Å². The minimum atomic E-state index is -3.03. The summed E-state index contributed by atoms with van der Waals surface area (Å²) < 4.78 is 25.0. The number of nitrogens with zero attached hydrogens (tertiary/aromatic N) is 1. The third-order valence-corrected chi connectivity index (χ3v) is 5.20. The normalized spacial score (nSPS) is 16.9. The third-order valence-electron chi connectivity index (χ3n) is 2.67. The Bertz CT molecular complexity index is 289. The van der Waals surface area contributed by atoms with Gasteiger partial charge in [0.2, 0.25) is 10.0 Å². The average molecular weight is 266 g/mol. The molecule has 0 saturated heterocycles. The lowest BCUT2D eigenvalue weighted by atomic mass is 10.5. The Morgan fingerprint density at radius 1 is 1.44 bits per heavy atom. The van der Waals surface area contributed by atoms with Gasteiger partial charge in [0.05, 0.1) is 5.75 Å². The van der Waals surface area contributed by atoms with Gasteiger partial charge in [-0.05, 0) is 32.1 Å². The molecule has 1 saturated carbocycles. The van der Waals surface area contributed by atoms with Gasteiger partial charge in [0.15, 0.2) is 0 Å². The molecule has 0 radical (unpaired) electrons. The van der Waals surface area contributed by atoms with Gasteiger partial charge >= 0.3 is 0 Å². The van der Waals surface area contributed by atoms with Crippen LogP contribution in [-0.4, -0.2) is 56.7 Å². The zero-order valence-electron chi connectivity index (χ0n) is 10.1. The third kappa shape index (κ3) is 5.52. The second kappa shape index (κ2) is 6.83. The molecule has 0 aromatic rings. The molecule has 0 unspecified atom stereocenters. The fourth-order valence-electron chi connectivity index (χ4n) is 1.36. The lowest BCUT2D eigenvalue weighted by Crippen LogP contribution is -2.32. The van der Waals surface area contributed by atoms with E-state index >= 15 is 0 Å². The SMILES string of the molecule is CSCCN(C)S(=O)(=O)CCCNC1CC1. The van der Waals surface area contributed by atoms with Crippen LogP contribution < -0.4 is 5.32 Å². The quantitative estimate of drug-likeness (QED) is 0.626. The van der Waals surface area contributed by atoms with E-state index in [4.69, 9.17) is 0 Å². The van der Waals surface area contributed by atoms with Crippen LogP contribution in [0, 0.1) is 0 Å². The predicted molar refractivity (Wildman–Crippen MR) is 70.4 cm³/mol. The van der Waals surface area contributed by atoms with Crippen molar-refractivity contribution in [2.24, 2.45) is 0 Å². The van der Waals surface area contributed by atoms with Crippen molar-refractivity contribution in [2.45, 2.75) is 25.3 Å². The minimum absolute atomic E-state index is 0.262. The second-order valence-corrected chi connectivity index (χ2v) is 7.39. The Hall–Kier alpha value is 0.220. The van der Waals surface area contributed by atoms with E-state index in [2.05, 4.69) is 5.32 Å².